The molecule has 2 heterocycles. The quantitative estimate of drug-likeness (QED) is 0.792. The smallest absolute Gasteiger partial charge is 0.270 e. The van der Waals surface area contributed by atoms with E-state index in [1.54, 1.807) is 36.8 Å². The summed E-state index contributed by atoms with van der Waals surface area (Å²) in [6.45, 7) is 6.77. The Hall–Kier alpha value is -2.76. The van der Waals surface area contributed by atoms with Gasteiger partial charge in [-0.25, -0.2) is 14.4 Å². The molecule has 2 aromatic heterocycles. The summed E-state index contributed by atoms with van der Waals surface area (Å²) in [5, 5.41) is 3.69. The number of nitrogens with one attached hydrogen (secondary N) is 1. The molecule has 0 bridgehead atoms. The monoisotopic (exact) mass is 340 g/mol. The number of imidazole rings is 1. The molecule has 1 aromatic carbocycles. The Balaban J connectivity index is 1.84. The van der Waals surface area contributed by atoms with E-state index in [-0.39, 0.29) is 28.6 Å². The van der Waals surface area contributed by atoms with Crippen LogP contribution in [0.4, 0.5) is 4.39 Å². The van der Waals surface area contributed by atoms with Gasteiger partial charge in [0.25, 0.3) is 5.91 Å². The second kappa shape index (κ2) is 6.63. The maximum absolute atomic E-state index is 13.9. The van der Waals surface area contributed by atoms with Gasteiger partial charge in [0.05, 0.1) is 12.4 Å². The van der Waals surface area contributed by atoms with Crippen LogP contribution in [0.3, 0.4) is 0 Å². The third-order valence-electron chi connectivity index (χ3n) is 4.21. The lowest BCUT2D eigenvalue weighted by atomic mass is 9.86. The average molecular weight is 340 g/mol. The van der Waals surface area contributed by atoms with Crippen LogP contribution in [0.5, 0.6) is 0 Å². The fraction of sp³-hybridized carbons (Fsp3) is 0.316. The Morgan fingerprint density at radius 3 is 2.76 bits per heavy atom. The second-order valence-electron chi connectivity index (χ2n) is 7.16. The molecule has 0 spiro atoms. The minimum absolute atomic E-state index is 0.132. The molecule has 1 unspecified atom stereocenters. The van der Waals surface area contributed by atoms with Crippen molar-refractivity contribution in [3.8, 4) is 0 Å². The Morgan fingerprint density at radius 2 is 2.08 bits per heavy atom. The molecule has 130 valence electrons. The van der Waals surface area contributed by atoms with Crippen molar-refractivity contribution in [1.82, 2.24) is 19.9 Å². The summed E-state index contributed by atoms with van der Waals surface area (Å²) >= 11 is 0. The first-order valence-electron chi connectivity index (χ1n) is 8.16. The lowest BCUT2D eigenvalue weighted by molar-refractivity contribution is 0.0888. The van der Waals surface area contributed by atoms with Gasteiger partial charge in [0.1, 0.15) is 17.0 Å². The Kier molecular flexibility index (Phi) is 4.53. The van der Waals surface area contributed by atoms with Gasteiger partial charge in [-0.1, -0.05) is 39.0 Å². The van der Waals surface area contributed by atoms with E-state index >= 15 is 0 Å². The second-order valence-corrected chi connectivity index (χ2v) is 7.16. The molecular formula is C19H21FN4O. The number of fused-ring (bicyclic) bond motifs is 1. The van der Waals surface area contributed by atoms with Crippen molar-refractivity contribution in [3.63, 3.8) is 0 Å². The van der Waals surface area contributed by atoms with Gasteiger partial charge >= 0.3 is 0 Å². The Morgan fingerprint density at radius 1 is 1.28 bits per heavy atom. The topological polar surface area (TPSA) is 59.8 Å². The Bertz CT molecular complexity index is 884. The number of hydrogen-bond donors (Lipinski definition) is 1. The number of carbonyl (C=O) groups is 1. The minimum Gasteiger partial charge on any atom is -0.346 e. The molecule has 0 aliphatic heterocycles. The summed E-state index contributed by atoms with van der Waals surface area (Å²) in [7, 11) is 0. The summed E-state index contributed by atoms with van der Waals surface area (Å²) in [6, 6.07) is 7.93. The number of pyridine rings is 1. The number of halogens is 1. The number of nitrogens with zero attached hydrogens (tertiary/aromatic N) is 3. The molecule has 6 heteroatoms. The van der Waals surface area contributed by atoms with Gasteiger partial charge in [0.15, 0.2) is 0 Å². The molecule has 0 fully saturated rings. The molecule has 3 aromatic rings. The summed E-state index contributed by atoms with van der Waals surface area (Å²) in [5.41, 5.74) is 0.247. The molecule has 0 aliphatic carbocycles. The van der Waals surface area contributed by atoms with Gasteiger partial charge in [-0.2, -0.15) is 0 Å². The number of hydrogen-bond acceptors (Lipinski definition) is 3. The summed E-state index contributed by atoms with van der Waals surface area (Å²) in [6.07, 6.45) is 5.28. The molecule has 1 N–H and O–H groups in total. The van der Waals surface area contributed by atoms with E-state index in [0.717, 1.165) is 0 Å². The van der Waals surface area contributed by atoms with Gasteiger partial charge in [0, 0.05) is 24.3 Å². The zero-order valence-electron chi connectivity index (χ0n) is 14.5. The highest BCUT2D eigenvalue weighted by molar-refractivity contribution is 5.95. The van der Waals surface area contributed by atoms with Crippen LogP contribution >= 0.6 is 0 Å². The number of amides is 1. The van der Waals surface area contributed by atoms with E-state index in [9.17, 15) is 9.18 Å². The number of aromatic nitrogens is 3. The molecule has 5 nitrogen and oxygen atoms in total. The minimum atomic E-state index is -0.432. The fourth-order valence-corrected chi connectivity index (χ4v) is 2.61. The van der Waals surface area contributed by atoms with Gasteiger partial charge in [-0.15, -0.1) is 0 Å². The molecule has 0 radical (unpaired) electrons. The standard InChI is InChI=1S/C19H21FN4O/c1-19(2,3)16(11-24-10-9-21-12-24)23-18(25)15-8-7-13-5-4-6-14(20)17(13)22-15/h4-10,12,16H,11H2,1-3H3,(H,23,25). The fourth-order valence-electron chi connectivity index (χ4n) is 2.61. The lowest BCUT2D eigenvalue weighted by Gasteiger charge is -2.31. The van der Waals surface area contributed by atoms with Crippen molar-refractivity contribution < 1.29 is 9.18 Å². The highest BCUT2D eigenvalue weighted by Crippen LogP contribution is 2.22. The molecule has 3 rings (SSSR count). The molecular weight excluding hydrogens is 319 g/mol. The van der Waals surface area contributed by atoms with Crippen molar-refractivity contribution in [3.05, 3.63) is 60.6 Å². The molecule has 0 saturated carbocycles. The molecule has 0 aliphatic rings. The predicted octanol–water partition coefficient (Wildman–Crippen LogP) is 3.42. The summed E-state index contributed by atoms with van der Waals surface area (Å²) in [4.78, 5) is 20.9. The van der Waals surface area contributed by atoms with E-state index in [2.05, 4.69) is 36.1 Å². The van der Waals surface area contributed by atoms with Gasteiger partial charge in [0.2, 0.25) is 0 Å². The van der Waals surface area contributed by atoms with Crippen molar-refractivity contribution in [1.29, 1.82) is 0 Å². The molecule has 1 amide bonds. The Labute approximate surface area is 145 Å². The van der Waals surface area contributed by atoms with Gasteiger partial charge in [-0.05, 0) is 17.5 Å². The maximum atomic E-state index is 13.9. The van der Waals surface area contributed by atoms with Crippen molar-refractivity contribution in [2.75, 3.05) is 0 Å². The van der Waals surface area contributed by atoms with Crippen molar-refractivity contribution in [2.45, 2.75) is 33.4 Å². The van der Waals surface area contributed by atoms with Gasteiger partial charge < -0.3 is 9.88 Å². The third-order valence-corrected chi connectivity index (χ3v) is 4.21. The SMILES string of the molecule is CC(C)(C)C(Cn1ccnc1)NC(=O)c1ccc2cccc(F)c2n1. The number of para-hydroxylation sites is 1. The highest BCUT2D eigenvalue weighted by atomic mass is 19.1. The number of carbonyl (C=O) groups excluding carboxylic acids is 1. The van der Waals surface area contributed by atoms with Gasteiger partial charge in [-0.3, -0.25) is 4.79 Å². The summed E-state index contributed by atoms with van der Waals surface area (Å²) in [5.74, 6) is -0.747. The first-order chi connectivity index (χ1) is 11.8. The largest absolute Gasteiger partial charge is 0.346 e. The van der Waals surface area contributed by atoms with E-state index < -0.39 is 5.82 Å². The summed E-state index contributed by atoms with van der Waals surface area (Å²) < 4.78 is 15.8. The van der Waals surface area contributed by atoms with Crippen LogP contribution in [-0.4, -0.2) is 26.5 Å². The first-order valence-corrected chi connectivity index (χ1v) is 8.16. The van der Waals surface area contributed by atoms with Crippen LogP contribution in [0.1, 0.15) is 31.3 Å². The van der Waals surface area contributed by atoms with E-state index in [0.29, 0.717) is 11.9 Å². The predicted molar refractivity (Wildman–Crippen MR) is 94.6 cm³/mol. The van der Waals surface area contributed by atoms with E-state index in [1.807, 2.05) is 10.8 Å². The number of rotatable bonds is 4. The molecule has 25 heavy (non-hydrogen) atoms. The normalized spacial score (nSPS) is 13.0. The van der Waals surface area contributed by atoms with E-state index in [1.165, 1.54) is 6.07 Å². The van der Waals surface area contributed by atoms with Crippen LogP contribution in [0.2, 0.25) is 0 Å². The first kappa shape index (κ1) is 17.1. The van der Waals surface area contributed by atoms with Crippen molar-refractivity contribution in [2.24, 2.45) is 5.41 Å². The lowest BCUT2D eigenvalue weighted by Crippen LogP contribution is -2.46. The van der Waals surface area contributed by atoms with Crippen molar-refractivity contribution >= 4 is 16.8 Å². The molecule has 0 saturated heterocycles. The van der Waals surface area contributed by atoms with E-state index in [4.69, 9.17) is 0 Å². The number of benzene rings is 1. The van der Waals surface area contributed by atoms with Crippen LogP contribution < -0.4 is 5.32 Å². The van der Waals surface area contributed by atoms with Crippen LogP contribution in [0, 0.1) is 11.2 Å². The van der Waals surface area contributed by atoms with Crippen LogP contribution in [0.15, 0.2) is 49.1 Å². The zero-order chi connectivity index (χ0) is 18.0. The molecule has 1 atom stereocenters. The third kappa shape index (κ3) is 3.84. The maximum Gasteiger partial charge on any atom is 0.270 e. The average Bonchev–Trinajstić information content (AvgIpc) is 3.06. The van der Waals surface area contributed by atoms with Crippen LogP contribution in [0.25, 0.3) is 10.9 Å². The highest BCUT2D eigenvalue weighted by Gasteiger charge is 2.27. The zero-order valence-corrected chi connectivity index (χ0v) is 14.5. The van der Waals surface area contributed by atoms with Crippen LogP contribution in [-0.2, 0) is 6.54 Å².